The smallest absolute Gasteiger partial charge is 0.269 e. The van der Waals surface area contributed by atoms with E-state index in [1.807, 2.05) is 0 Å². The number of benzene rings is 1. The average Bonchev–Trinajstić information content (AvgIpc) is 2.39. The number of piperazine rings is 1. The summed E-state index contributed by atoms with van der Waals surface area (Å²) in [7, 11) is 1.66. The Hall–Kier alpha value is -1.66. The van der Waals surface area contributed by atoms with E-state index in [2.05, 4.69) is 10.2 Å². The highest BCUT2D eigenvalue weighted by Crippen LogP contribution is 2.22. The quantitative estimate of drug-likeness (QED) is 0.627. The van der Waals surface area contributed by atoms with Crippen molar-refractivity contribution in [1.82, 2.24) is 5.32 Å². The Labute approximate surface area is 99.3 Å². The zero-order valence-corrected chi connectivity index (χ0v) is 9.63. The summed E-state index contributed by atoms with van der Waals surface area (Å²) in [6.07, 6.45) is -0.0230. The maximum atomic E-state index is 10.6. The number of nitro groups is 1. The highest BCUT2D eigenvalue weighted by Gasteiger charge is 2.22. The molecule has 1 N–H and O–H groups in total. The van der Waals surface area contributed by atoms with Crippen LogP contribution in [0.25, 0.3) is 0 Å². The van der Waals surface area contributed by atoms with Crippen LogP contribution in [0.2, 0.25) is 0 Å². The van der Waals surface area contributed by atoms with E-state index >= 15 is 0 Å². The first-order chi connectivity index (χ1) is 8.22. The van der Waals surface area contributed by atoms with Gasteiger partial charge in [0.25, 0.3) is 5.69 Å². The maximum Gasteiger partial charge on any atom is 0.269 e. The Morgan fingerprint density at radius 3 is 2.76 bits per heavy atom. The molecule has 0 aliphatic carbocycles. The summed E-state index contributed by atoms with van der Waals surface area (Å²) in [4.78, 5) is 12.3. The molecule has 2 rings (SSSR count). The van der Waals surface area contributed by atoms with Crippen molar-refractivity contribution in [3.8, 4) is 0 Å². The first kappa shape index (κ1) is 11.8. The van der Waals surface area contributed by atoms with Crippen LogP contribution in [-0.2, 0) is 4.74 Å². The predicted molar refractivity (Wildman–Crippen MR) is 64.1 cm³/mol. The Morgan fingerprint density at radius 2 is 2.18 bits per heavy atom. The van der Waals surface area contributed by atoms with E-state index in [4.69, 9.17) is 4.74 Å². The molecule has 6 heteroatoms. The maximum absolute atomic E-state index is 10.6. The zero-order chi connectivity index (χ0) is 12.3. The molecule has 1 heterocycles. The molecule has 0 bridgehead atoms. The molecular formula is C11H15N3O3. The molecule has 1 atom stereocenters. The van der Waals surface area contributed by atoms with Gasteiger partial charge in [-0.1, -0.05) is 0 Å². The van der Waals surface area contributed by atoms with E-state index in [1.54, 1.807) is 19.2 Å². The van der Waals surface area contributed by atoms with Crippen LogP contribution in [-0.4, -0.2) is 37.9 Å². The second-order valence-corrected chi connectivity index (χ2v) is 3.86. The van der Waals surface area contributed by atoms with Crippen LogP contribution in [0.3, 0.4) is 0 Å². The van der Waals surface area contributed by atoms with E-state index < -0.39 is 4.92 Å². The number of methoxy groups -OCH3 is 1. The minimum absolute atomic E-state index is 0.0230. The number of nitrogens with one attached hydrogen (secondary N) is 1. The molecule has 1 unspecified atom stereocenters. The number of hydrogen-bond acceptors (Lipinski definition) is 5. The first-order valence-electron chi connectivity index (χ1n) is 5.47. The van der Waals surface area contributed by atoms with Crippen molar-refractivity contribution in [1.29, 1.82) is 0 Å². The third-order valence-corrected chi connectivity index (χ3v) is 2.86. The summed E-state index contributed by atoms with van der Waals surface area (Å²) in [6, 6.07) is 6.55. The van der Waals surface area contributed by atoms with Crippen LogP contribution >= 0.6 is 0 Å². The Balaban J connectivity index is 2.17. The van der Waals surface area contributed by atoms with E-state index in [0.29, 0.717) is 0 Å². The molecule has 0 amide bonds. The Morgan fingerprint density at radius 1 is 1.47 bits per heavy atom. The molecule has 17 heavy (non-hydrogen) atoms. The molecule has 1 aromatic carbocycles. The van der Waals surface area contributed by atoms with Gasteiger partial charge in [0.05, 0.1) is 4.92 Å². The van der Waals surface area contributed by atoms with Gasteiger partial charge in [-0.05, 0) is 12.1 Å². The van der Waals surface area contributed by atoms with Crippen LogP contribution in [0.4, 0.5) is 11.4 Å². The molecule has 92 valence electrons. The molecule has 0 saturated carbocycles. The third kappa shape index (κ3) is 2.54. The lowest BCUT2D eigenvalue weighted by Crippen LogP contribution is -2.52. The third-order valence-electron chi connectivity index (χ3n) is 2.86. The normalized spacial score (nSPS) is 20.3. The van der Waals surface area contributed by atoms with Crippen molar-refractivity contribution in [3.05, 3.63) is 34.4 Å². The van der Waals surface area contributed by atoms with Crippen LogP contribution < -0.4 is 10.2 Å². The second-order valence-electron chi connectivity index (χ2n) is 3.86. The van der Waals surface area contributed by atoms with Crippen LogP contribution in [0.15, 0.2) is 24.3 Å². The summed E-state index contributed by atoms with van der Waals surface area (Å²) < 4.78 is 5.37. The fraction of sp³-hybridized carbons (Fsp3) is 0.455. The van der Waals surface area contributed by atoms with Gasteiger partial charge in [0.15, 0.2) is 0 Å². The largest absolute Gasteiger partial charge is 0.360 e. The number of nitrogens with zero attached hydrogens (tertiary/aromatic N) is 2. The Kier molecular flexibility index (Phi) is 3.55. The topological polar surface area (TPSA) is 67.6 Å². The standard InChI is InChI=1S/C11H15N3O3/c1-17-11-8-12-6-7-13(11)9-2-4-10(5-3-9)14(15)16/h2-5,11-12H,6-8H2,1H3. The van der Waals surface area contributed by atoms with Gasteiger partial charge in [-0.3, -0.25) is 10.1 Å². The summed E-state index contributed by atoms with van der Waals surface area (Å²) >= 11 is 0. The van der Waals surface area contributed by atoms with Gasteiger partial charge in [-0.15, -0.1) is 0 Å². The van der Waals surface area contributed by atoms with Gasteiger partial charge in [0, 0.05) is 44.6 Å². The lowest BCUT2D eigenvalue weighted by Gasteiger charge is -2.36. The van der Waals surface area contributed by atoms with Gasteiger partial charge < -0.3 is 15.0 Å². The summed E-state index contributed by atoms with van der Waals surface area (Å²) in [5.41, 5.74) is 1.06. The molecule has 1 aliphatic heterocycles. The number of ether oxygens (including phenoxy) is 1. The summed E-state index contributed by atoms with van der Waals surface area (Å²) in [5.74, 6) is 0. The monoisotopic (exact) mass is 237 g/mol. The lowest BCUT2D eigenvalue weighted by atomic mass is 10.2. The molecule has 1 fully saturated rings. The molecule has 0 spiro atoms. The predicted octanol–water partition coefficient (Wildman–Crippen LogP) is 0.977. The SMILES string of the molecule is COC1CNCCN1c1ccc([N+](=O)[O-])cc1. The highest BCUT2D eigenvalue weighted by atomic mass is 16.6. The van der Waals surface area contributed by atoms with Crippen LogP contribution in [0, 0.1) is 10.1 Å². The van der Waals surface area contributed by atoms with E-state index in [9.17, 15) is 10.1 Å². The minimum Gasteiger partial charge on any atom is -0.360 e. The molecule has 1 saturated heterocycles. The first-order valence-corrected chi connectivity index (χ1v) is 5.47. The van der Waals surface area contributed by atoms with Crippen molar-refractivity contribution in [2.45, 2.75) is 6.23 Å². The van der Waals surface area contributed by atoms with Gasteiger partial charge in [-0.2, -0.15) is 0 Å². The fourth-order valence-corrected chi connectivity index (χ4v) is 1.95. The highest BCUT2D eigenvalue weighted by molar-refractivity contribution is 5.51. The van der Waals surface area contributed by atoms with Crippen molar-refractivity contribution < 1.29 is 9.66 Å². The van der Waals surface area contributed by atoms with Gasteiger partial charge in [0.2, 0.25) is 0 Å². The zero-order valence-electron chi connectivity index (χ0n) is 9.63. The molecule has 1 aromatic rings. The number of anilines is 1. The van der Waals surface area contributed by atoms with E-state index in [0.717, 1.165) is 25.3 Å². The molecular weight excluding hydrogens is 222 g/mol. The van der Waals surface area contributed by atoms with Crippen molar-refractivity contribution in [2.24, 2.45) is 0 Å². The minimum atomic E-state index is -0.394. The van der Waals surface area contributed by atoms with E-state index in [1.165, 1.54) is 12.1 Å². The fourth-order valence-electron chi connectivity index (χ4n) is 1.95. The van der Waals surface area contributed by atoms with Crippen LogP contribution in [0.1, 0.15) is 0 Å². The summed E-state index contributed by atoms with van der Waals surface area (Å²) in [6.45, 7) is 2.47. The van der Waals surface area contributed by atoms with Gasteiger partial charge in [0.1, 0.15) is 6.23 Å². The number of non-ortho nitro benzene ring substituents is 1. The molecule has 0 radical (unpaired) electrons. The van der Waals surface area contributed by atoms with E-state index in [-0.39, 0.29) is 11.9 Å². The van der Waals surface area contributed by atoms with Gasteiger partial charge >= 0.3 is 0 Å². The Bertz CT molecular complexity index is 393. The summed E-state index contributed by atoms with van der Waals surface area (Å²) in [5, 5.41) is 13.8. The number of rotatable bonds is 3. The number of hydrogen-bond donors (Lipinski definition) is 1. The van der Waals surface area contributed by atoms with Crippen LogP contribution in [0.5, 0.6) is 0 Å². The molecule has 1 aliphatic rings. The van der Waals surface area contributed by atoms with Crippen molar-refractivity contribution in [2.75, 3.05) is 31.6 Å². The van der Waals surface area contributed by atoms with Crippen molar-refractivity contribution >= 4 is 11.4 Å². The molecule has 6 nitrogen and oxygen atoms in total. The van der Waals surface area contributed by atoms with Crippen molar-refractivity contribution in [3.63, 3.8) is 0 Å². The lowest BCUT2D eigenvalue weighted by molar-refractivity contribution is -0.384. The number of nitro benzene ring substituents is 1. The second kappa shape index (κ2) is 5.11. The van der Waals surface area contributed by atoms with Gasteiger partial charge in [-0.25, -0.2) is 0 Å². The molecule has 0 aromatic heterocycles. The average molecular weight is 237 g/mol.